The monoisotopic (exact) mass is 458 g/mol. The highest BCUT2D eigenvalue weighted by Gasteiger charge is 2.23. The van der Waals surface area contributed by atoms with Crippen LogP contribution in [0.15, 0.2) is 65.8 Å². The fourth-order valence-electron chi connectivity index (χ4n) is 3.29. The van der Waals surface area contributed by atoms with E-state index in [1.807, 2.05) is 35.2 Å². The smallest absolute Gasteiger partial charge is 0.253 e. The van der Waals surface area contributed by atoms with E-state index < -0.39 is 0 Å². The van der Waals surface area contributed by atoms with E-state index in [1.54, 1.807) is 42.4 Å². The van der Waals surface area contributed by atoms with Gasteiger partial charge in [0.1, 0.15) is 0 Å². The second-order valence-corrected chi connectivity index (χ2v) is 8.75. The summed E-state index contributed by atoms with van der Waals surface area (Å²) < 4.78 is 0. The Balaban J connectivity index is 1.37. The molecule has 1 amide bonds. The maximum absolute atomic E-state index is 13.0. The van der Waals surface area contributed by atoms with E-state index in [0.717, 1.165) is 23.5 Å². The molecule has 2 aromatic carbocycles. The first-order valence-corrected chi connectivity index (χ1v) is 11.3. The van der Waals surface area contributed by atoms with Crippen LogP contribution in [-0.2, 0) is 5.75 Å². The molecule has 30 heavy (non-hydrogen) atoms. The van der Waals surface area contributed by atoms with Gasteiger partial charge in [0.2, 0.25) is 5.95 Å². The first-order valence-electron chi connectivity index (χ1n) is 9.58. The van der Waals surface area contributed by atoms with E-state index in [0.29, 0.717) is 40.4 Å². The standard InChI is InChI=1S/C22H20Cl2N4OS/c23-18-5-6-19(24)20(14-18)30-15-16-3-1-4-17(13-16)21(29)27-9-11-28(12-10-27)22-25-7-2-8-26-22/h1-8,13-14H,9-12,15H2. The van der Waals surface area contributed by atoms with E-state index in [1.165, 1.54) is 0 Å². The van der Waals surface area contributed by atoms with Crippen LogP contribution in [0.25, 0.3) is 0 Å². The number of thioether (sulfide) groups is 1. The van der Waals surface area contributed by atoms with E-state index in [4.69, 9.17) is 23.2 Å². The van der Waals surface area contributed by atoms with Crippen LogP contribution in [0.4, 0.5) is 5.95 Å². The number of piperazine rings is 1. The van der Waals surface area contributed by atoms with Crippen molar-refractivity contribution < 1.29 is 4.79 Å². The number of nitrogens with zero attached hydrogens (tertiary/aromatic N) is 4. The van der Waals surface area contributed by atoms with Gasteiger partial charge in [-0.1, -0.05) is 35.3 Å². The number of hydrogen-bond donors (Lipinski definition) is 0. The Bertz CT molecular complexity index is 1030. The zero-order valence-electron chi connectivity index (χ0n) is 16.2. The summed E-state index contributed by atoms with van der Waals surface area (Å²) in [4.78, 5) is 26.5. The van der Waals surface area contributed by atoms with Crippen LogP contribution in [0.3, 0.4) is 0 Å². The average Bonchev–Trinajstić information content (AvgIpc) is 2.80. The summed E-state index contributed by atoms with van der Waals surface area (Å²) in [7, 11) is 0. The SMILES string of the molecule is O=C(c1cccc(CSc2cc(Cl)ccc2Cl)c1)N1CCN(c2ncccn2)CC1. The van der Waals surface area contributed by atoms with Crippen LogP contribution < -0.4 is 4.90 Å². The molecule has 0 unspecified atom stereocenters. The number of hydrogen-bond acceptors (Lipinski definition) is 5. The predicted molar refractivity (Wildman–Crippen MR) is 123 cm³/mol. The molecule has 0 aliphatic carbocycles. The van der Waals surface area contributed by atoms with Gasteiger partial charge < -0.3 is 9.80 Å². The molecule has 154 valence electrons. The van der Waals surface area contributed by atoms with Crippen molar-refractivity contribution in [2.75, 3.05) is 31.1 Å². The van der Waals surface area contributed by atoms with Crippen molar-refractivity contribution >= 4 is 46.8 Å². The lowest BCUT2D eigenvalue weighted by Crippen LogP contribution is -2.49. The van der Waals surface area contributed by atoms with Crippen molar-refractivity contribution in [3.05, 3.63) is 82.1 Å². The first kappa shape index (κ1) is 21.0. The molecule has 1 aromatic heterocycles. The van der Waals surface area contributed by atoms with Crippen molar-refractivity contribution in [1.82, 2.24) is 14.9 Å². The Morgan fingerprint density at radius 3 is 2.50 bits per heavy atom. The van der Waals surface area contributed by atoms with Gasteiger partial charge in [-0.3, -0.25) is 4.79 Å². The van der Waals surface area contributed by atoms with Gasteiger partial charge in [-0.25, -0.2) is 9.97 Å². The maximum atomic E-state index is 13.0. The molecule has 0 spiro atoms. The third-order valence-corrected chi connectivity index (χ3v) is 6.67. The minimum atomic E-state index is 0.0521. The van der Waals surface area contributed by atoms with Gasteiger partial charge in [-0.05, 0) is 42.0 Å². The van der Waals surface area contributed by atoms with Crippen LogP contribution in [-0.4, -0.2) is 47.0 Å². The van der Waals surface area contributed by atoms with Crippen LogP contribution in [0.5, 0.6) is 0 Å². The van der Waals surface area contributed by atoms with Crippen molar-refractivity contribution in [2.45, 2.75) is 10.6 Å². The van der Waals surface area contributed by atoms with Crippen molar-refractivity contribution in [3.8, 4) is 0 Å². The maximum Gasteiger partial charge on any atom is 0.253 e. The second-order valence-electron chi connectivity index (χ2n) is 6.89. The number of aromatic nitrogens is 2. The number of carbonyl (C=O) groups is 1. The van der Waals surface area contributed by atoms with E-state index >= 15 is 0 Å². The molecule has 0 radical (unpaired) electrons. The van der Waals surface area contributed by atoms with E-state index in [2.05, 4.69) is 14.9 Å². The van der Waals surface area contributed by atoms with Crippen LogP contribution >= 0.6 is 35.0 Å². The zero-order chi connectivity index (χ0) is 20.9. The number of amides is 1. The lowest BCUT2D eigenvalue weighted by molar-refractivity contribution is 0.0746. The van der Waals surface area contributed by atoms with Gasteiger partial charge in [-0.2, -0.15) is 0 Å². The number of halogens is 2. The van der Waals surface area contributed by atoms with Gasteiger partial charge in [-0.15, -0.1) is 11.8 Å². The van der Waals surface area contributed by atoms with Gasteiger partial charge in [0.15, 0.2) is 0 Å². The Labute approximate surface area is 190 Å². The summed E-state index contributed by atoms with van der Waals surface area (Å²) in [5.41, 5.74) is 1.77. The molecule has 0 bridgehead atoms. The van der Waals surface area contributed by atoms with Crippen LogP contribution in [0.1, 0.15) is 15.9 Å². The summed E-state index contributed by atoms with van der Waals surface area (Å²) >= 11 is 13.9. The van der Waals surface area contributed by atoms with Gasteiger partial charge in [0.05, 0.1) is 5.02 Å². The summed E-state index contributed by atoms with van der Waals surface area (Å²) in [5, 5.41) is 1.34. The van der Waals surface area contributed by atoms with Crippen molar-refractivity contribution in [3.63, 3.8) is 0 Å². The molecule has 0 atom stereocenters. The quantitative estimate of drug-likeness (QED) is 0.501. The topological polar surface area (TPSA) is 49.3 Å². The third-order valence-electron chi connectivity index (χ3n) is 4.86. The number of carbonyl (C=O) groups excluding carboxylic acids is 1. The molecule has 1 aliphatic rings. The molecule has 1 saturated heterocycles. The second kappa shape index (κ2) is 9.69. The average molecular weight is 459 g/mol. The first-order chi connectivity index (χ1) is 14.6. The van der Waals surface area contributed by atoms with Gasteiger partial charge in [0.25, 0.3) is 5.91 Å². The summed E-state index contributed by atoms with van der Waals surface area (Å²) in [5.74, 6) is 1.47. The number of benzene rings is 2. The highest BCUT2D eigenvalue weighted by molar-refractivity contribution is 7.98. The predicted octanol–water partition coefficient (Wildman–Crippen LogP) is 5.04. The lowest BCUT2D eigenvalue weighted by atomic mass is 10.1. The Hall–Kier alpha value is -2.28. The highest BCUT2D eigenvalue weighted by Crippen LogP contribution is 2.32. The van der Waals surface area contributed by atoms with E-state index in [9.17, 15) is 4.79 Å². The molecule has 3 aromatic rings. The normalized spacial score (nSPS) is 14.1. The minimum absolute atomic E-state index is 0.0521. The summed E-state index contributed by atoms with van der Waals surface area (Å²) in [6, 6.07) is 15.0. The molecule has 0 saturated carbocycles. The fourth-order valence-corrected chi connectivity index (χ4v) is 4.73. The lowest BCUT2D eigenvalue weighted by Gasteiger charge is -2.34. The molecule has 2 heterocycles. The van der Waals surface area contributed by atoms with E-state index in [-0.39, 0.29) is 5.91 Å². The molecule has 5 nitrogen and oxygen atoms in total. The molecule has 1 fully saturated rings. The van der Waals surface area contributed by atoms with Crippen LogP contribution in [0.2, 0.25) is 10.0 Å². The fraction of sp³-hybridized carbons (Fsp3) is 0.227. The molecule has 4 rings (SSSR count). The molecular formula is C22H20Cl2N4OS. The molecular weight excluding hydrogens is 439 g/mol. The van der Waals surface area contributed by atoms with Gasteiger partial charge >= 0.3 is 0 Å². The molecule has 1 aliphatic heterocycles. The zero-order valence-corrected chi connectivity index (χ0v) is 18.5. The van der Waals surface area contributed by atoms with Gasteiger partial charge in [0, 0.05) is 59.8 Å². The largest absolute Gasteiger partial charge is 0.337 e. The Kier molecular flexibility index (Phi) is 6.77. The summed E-state index contributed by atoms with van der Waals surface area (Å²) in [6.07, 6.45) is 3.47. The highest BCUT2D eigenvalue weighted by atomic mass is 35.5. The minimum Gasteiger partial charge on any atom is -0.337 e. The molecule has 8 heteroatoms. The third kappa shape index (κ3) is 5.06. The van der Waals surface area contributed by atoms with Crippen LogP contribution in [0, 0.1) is 0 Å². The van der Waals surface area contributed by atoms with Crippen molar-refractivity contribution in [2.24, 2.45) is 0 Å². The molecule has 0 N–H and O–H groups in total. The number of rotatable bonds is 5. The van der Waals surface area contributed by atoms with Crippen molar-refractivity contribution in [1.29, 1.82) is 0 Å². The Morgan fingerprint density at radius 2 is 1.73 bits per heavy atom. The summed E-state index contributed by atoms with van der Waals surface area (Å²) in [6.45, 7) is 2.74. The Morgan fingerprint density at radius 1 is 0.967 bits per heavy atom. The number of anilines is 1.